The van der Waals surface area contributed by atoms with E-state index >= 15 is 0 Å². The zero-order valence-electron chi connectivity index (χ0n) is 9.81. The average molecular weight is 236 g/mol. The van der Waals surface area contributed by atoms with E-state index in [1.165, 1.54) is 6.07 Å². The van der Waals surface area contributed by atoms with Crippen molar-refractivity contribution in [1.29, 1.82) is 0 Å². The predicted octanol–water partition coefficient (Wildman–Crippen LogP) is 2.03. The van der Waals surface area contributed by atoms with Crippen LogP contribution in [0.1, 0.15) is 18.4 Å². The highest BCUT2D eigenvalue weighted by molar-refractivity contribution is 5.48. The second kappa shape index (κ2) is 5.14. The van der Waals surface area contributed by atoms with E-state index in [9.17, 15) is 10.1 Å². The fraction of sp³-hybridized carbons (Fsp3) is 0.500. The van der Waals surface area contributed by atoms with E-state index in [0.29, 0.717) is 11.3 Å². The van der Waals surface area contributed by atoms with Gasteiger partial charge in [0.2, 0.25) is 0 Å². The third-order valence-electron chi connectivity index (χ3n) is 3.00. The standard InChI is InChI=1S/C12H16N2O3/c1-9-11(14(15)16)5-2-6-12(9)17-10-4-3-7-13-8-10/h2,5-6,10,13H,3-4,7-8H2,1H3. The van der Waals surface area contributed by atoms with E-state index in [2.05, 4.69) is 5.32 Å². The van der Waals surface area contributed by atoms with Crippen LogP contribution in [0.25, 0.3) is 0 Å². The molecule has 0 aliphatic carbocycles. The fourth-order valence-corrected chi connectivity index (χ4v) is 2.03. The van der Waals surface area contributed by atoms with Gasteiger partial charge in [0, 0.05) is 12.6 Å². The summed E-state index contributed by atoms with van der Waals surface area (Å²) in [6.07, 6.45) is 2.19. The van der Waals surface area contributed by atoms with Crippen LogP contribution in [0.3, 0.4) is 0 Å². The summed E-state index contributed by atoms with van der Waals surface area (Å²) in [7, 11) is 0. The highest BCUT2D eigenvalue weighted by atomic mass is 16.6. The minimum atomic E-state index is -0.374. The number of ether oxygens (including phenoxy) is 1. The zero-order valence-corrected chi connectivity index (χ0v) is 9.81. The van der Waals surface area contributed by atoms with E-state index in [0.717, 1.165) is 25.9 Å². The van der Waals surface area contributed by atoms with Gasteiger partial charge in [0.05, 0.1) is 10.5 Å². The van der Waals surface area contributed by atoms with Crippen LogP contribution in [0.2, 0.25) is 0 Å². The van der Waals surface area contributed by atoms with E-state index in [-0.39, 0.29) is 16.7 Å². The van der Waals surface area contributed by atoms with Crippen molar-refractivity contribution in [3.63, 3.8) is 0 Å². The summed E-state index contributed by atoms with van der Waals surface area (Å²) in [5, 5.41) is 14.1. The Labute approximate surface area is 99.9 Å². The predicted molar refractivity (Wildman–Crippen MR) is 64.4 cm³/mol. The highest BCUT2D eigenvalue weighted by Crippen LogP contribution is 2.28. The molecular weight excluding hydrogens is 220 g/mol. The fourth-order valence-electron chi connectivity index (χ4n) is 2.03. The first kappa shape index (κ1) is 11.9. The molecule has 5 nitrogen and oxygen atoms in total. The molecule has 1 unspecified atom stereocenters. The molecule has 0 amide bonds. The summed E-state index contributed by atoms with van der Waals surface area (Å²) >= 11 is 0. The molecule has 1 aliphatic heterocycles. The number of benzene rings is 1. The summed E-state index contributed by atoms with van der Waals surface area (Å²) in [6, 6.07) is 4.95. The minimum Gasteiger partial charge on any atom is -0.489 e. The molecule has 92 valence electrons. The maximum absolute atomic E-state index is 10.8. The molecule has 0 aromatic heterocycles. The first-order chi connectivity index (χ1) is 8.18. The first-order valence-electron chi connectivity index (χ1n) is 5.80. The Bertz CT molecular complexity index is 414. The molecule has 1 atom stereocenters. The number of hydrogen-bond donors (Lipinski definition) is 1. The summed E-state index contributed by atoms with van der Waals surface area (Å²) in [5.74, 6) is 0.618. The molecule has 1 saturated heterocycles. The molecule has 1 fully saturated rings. The van der Waals surface area contributed by atoms with Crippen molar-refractivity contribution in [2.75, 3.05) is 13.1 Å². The molecule has 1 aliphatic rings. The molecule has 2 rings (SSSR count). The molecule has 0 radical (unpaired) electrons. The van der Waals surface area contributed by atoms with Crippen LogP contribution < -0.4 is 10.1 Å². The number of piperidine rings is 1. The van der Waals surface area contributed by atoms with Crippen molar-refractivity contribution in [1.82, 2.24) is 5.32 Å². The highest BCUT2D eigenvalue weighted by Gasteiger charge is 2.19. The lowest BCUT2D eigenvalue weighted by Crippen LogP contribution is -2.37. The van der Waals surface area contributed by atoms with Crippen LogP contribution >= 0.6 is 0 Å². The maximum atomic E-state index is 10.8. The van der Waals surface area contributed by atoms with Gasteiger partial charge >= 0.3 is 0 Å². The van der Waals surface area contributed by atoms with Crippen molar-refractivity contribution in [2.45, 2.75) is 25.9 Å². The Morgan fingerprint density at radius 3 is 3.00 bits per heavy atom. The van der Waals surface area contributed by atoms with Gasteiger partial charge in [-0.25, -0.2) is 0 Å². The Morgan fingerprint density at radius 2 is 2.35 bits per heavy atom. The lowest BCUT2D eigenvalue weighted by molar-refractivity contribution is -0.385. The number of nitro groups is 1. The molecule has 1 aromatic carbocycles. The number of nitro benzene ring substituents is 1. The van der Waals surface area contributed by atoms with Crippen LogP contribution in [0, 0.1) is 17.0 Å². The number of hydrogen-bond acceptors (Lipinski definition) is 4. The number of nitrogens with one attached hydrogen (secondary N) is 1. The Hall–Kier alpha value is -1.62. The lowest BCUT2D eigenvalue weighted by Gasteiger charge is -2.24. The van der Waals surface area contributed by atoms with Gasteiger partial charge in [0.15, 0.2) is 0 Å². The van der Waals surface area contributed by atoms with E-state index in [1.807, 2.05) is 0 Å². The largest absolute Gasteiger partial charge is 0.489 e. The van der Waals surface area contributed by atoms with Gasteiger partial charge in [0.25, 0.3) is 5.69 Å². The zero-order chi connectivity index (χ0) is 12.3. The maximum Gasteiger partial charge on any atom is 0.276 e. The van der Waals surface area contributed by atoms with Crippen LogP contribution in [0.15, 0.2) is 18.2 Å². The Balaban J connectivity index is 2.15. The van der Waals surface area contributed by atoms with Gasteiger partial charge in [-0.15, -0.1) is 0 Å². The molecule has 17 heavy (non-hydrogen) atoms. The summed E-state index contributed by atoms with van der Waals surface area (Å²) in [6.45, 7) is 3.56. The van der Waals surface area contributed by atoms with Crippen molar-refractivity contribution < 1.29 is 9.66 Å². The quantitative estimate of drug-likeness (QED) is 0.644. The third kappa shape index (κ3) is 2.74. The molecule has 0 saturated carbocycles. The summed E-state index contributed by atoms with van der Waals surface area (Å²) in [5.41, 5.74) is 0.717. The monoisotopic (exact) mass is 236 g/mol. The molecule has 1 heterocycles. The van der Waals surface area contributed by atoms with Crippen molar-refractivity contribution >= 4 is 5.69 Å². The second-order valence-corrected chi connectivity index (χ2v) is 4.24. The van der Waals surface area contributed by atoms with Crippen LogP contribution in [0.4, 0.5) is 5.69 Å². The minimum absolute atomic E-state index is 0.115. The Kier molecular flexibility index (Phi) is 3.58. The number of rotatable bonds is 3. The summed E-state index contributed by atoms with van der Waals surface area (Å²) in [4.78, 5) is 10.4. The van der Waals surface area contributed by atoms with E-state index < -0.39 is 0 Å². The topological polar surface area (TPSA) is 64.4 Å². The number of nitrogens with zero attached hydrogens (tertiary/aromatic N) is 1. The van der Waals surface area contributed by atoms with Gasteiger partial charge in [-0.3, -0.25) is 10.1 Å². The smallest absolute Gasteiger partial charge is 0.276 e. The Morgan fingerprint density at radius 1 is 1.53 bits per heavy atom. The molecule has 1 N–H and O–H groups in total. The SMILES string of the molecule is Cc1c(OC2CCCNC2)cccc1[N+](=O)[O-]. The summed E-state index contributed by atoms with van der Waals surface area (Å²) < 4.78 is 5.81. The van der Waals surface area contributed by atoms with Crippen molar-refractivity contribution in [3.05, 3.63) is 33.9 Å². The van der Waals surface area contributed by atoms with E-state index in [4.69, 9.17) is 4.74 Å². The lowest BCUT2D eigenvalue weighted by atomic mass is 10.1. The van der Waals surface area contributed by atoms with Gasteiger partial charge in [-0.1, -0.05) is 6.07 Å². The molecule has 0 spiro atoms. The van der Waals surface area contributed by atoms with E-state index in [1.54, 1.807) is 19.1 Å². The van der Waals surface area contributed by atoms with Crippen LogP contribution in [-0.2, 0) is 0 Å². The molecule has 1 aromatic rings. The van der Waals surface area contributed by atoms with Gasteiger partial charge in [-0.2, -0.15) is 0 Å². The van der Waals surface area contributed by atoms with Crippen molar-refractivity contribution in [3.8, 4) is 5.75 Å². The average Bonchev–Trinajstić information content (AvgIpc) is 2.33. The second-order valence-electron chi connectivity index (χ2n) is 4.24. The molecule has 0 bridgehead atoms. The molecular formula is C12H16N2O3. The van der Waals surface area contributed by atoms with Gasteiger partial charge in [-0.05, 0) is 32.4 Å². The third-order valence-corrected chi connectivity index (χ3v) is 3.00. The first-order valence-corrected chi connectivity index (χ1v) is 5.80. The molecule has 5 heteroatoms. The van der Waals surface area contributed by atoms with Crippen LogP contribution in [0.5, 0.6) is 5.75 Å². The van der Waals surface area contributed by atoms with Crippen LogP contribution in [-0.4, -0.2) is 24.1 Å². The van der Waals surface area contributed by atoms with Gasteiger partial charge < -0.3 is 10.1 Å². The van der Waals surface area contributed by atoms with Gasteiger partial charge in [0.1, 0.15) is 11.9 Å². The normalized spacial score (nSPS) is 19.9. The van der Waals surface area contributed by atoms with Crippen molar-refractivity contribution in [2.24, 2.45) is 0 Å².